The minimum absolute atomic E-state index is 0.0742. The van der Waals surface area contributed by atoms with E-state index < -0.39 is 0 Å². The average Bonchev–Trinajstić information content (AvgIpc) is 2.56. The average molecular weight is 405 g/mol. The van der Waals surface area contributed by atoms with E-state index in [1.54, 1.807) is 12.1 Å². The third kappa shape index (κ3) is 5.90. The molecule has 2 rings (SSSR count). The molecule has 0 fully saturated rings. The maximum Gasteiger partial charge on any atom is 0.277 e. The lowest BCUT2D eigenvalue weighted by Crippen LogP contribution is -2.24. The van der Waals surface area contributed by atoms with E-state index in [1.807, 2.05) is 24.3 Å². The molecule has 0 radical (unpaired) electrons. The van der Waals surface area contributed by atoms with Gasteiger partial charge in [-0.3, -0.25) is 4.79 Å². The molecule has 0 unspecified atom stereocenters. The monoisotopic (exact) mass is 404 g/mol. The van der Waals surface area contributed by atoms with Crippen LogP contribution in [0.2, 0.25) is 0 Å². The maximum absolute atomic E-state index is 11.8. The predicted molar refractivity (Wildman–Crippen MR) is 102 cm³/mol. The normalized spacial score (nSPS) is 11.5. The number of rotatable bonds is 5. The van der Waals surface area contributed by atoms with Crippen LogP contribution in [0.15, 0.2) is 52.0 Å². The second-order valence-electron chi connectivity index (χ2n) is 6.56. The van der Waals surface area contributed by atoms with Crippen molar-refractivity contribution < 1.29 is 14.6 Å². The number of phenolic OH excluding ortho intramolecular Hbond substituents is 1. The van der Waals surface area contributed by atoms with E-state index in [9.17, 15) is 9.90 Å². The summed E-state index contributed by atoms with van der Waals surface area (Å²) in [6.45, 7) is 6.28. The zero-order valence-corrected chi connectivity index (χ0v) is 16.0. The fourth-order valence-electron chi connectivity index (χ4n) is 2.04. The summed E-state index contributed by atoms with van der Waals surface area (Å²) in [5.74, 6) is 0.383. The van der Waals surface area contributed by atoms with Crippen LogP contribution in [0.3, 0.4) is 0 Å². The van der Waals surface area contributed by atoms with E-state index in [4.69, 9.17) is 4.74 Å². The highest BCUT2D eigenvalue weighted by molar-refractivity contribution is 9.10. The van der Waals surface area contributed by atoms with Crippen molar-refractivity contribution in [3.8, 4) is 11.5 Å². The van der Waals surface area contributed by atoms with Gasteiger partial charge in [-0.1, -0.05) is 48.8 Å². The van der Waals surface area contributed by atoms with Crippen molar-refractivity contribution in [1.82, 2.24) is 5.43 Å². The number of phenols is 1. The fourth-order valence-corrected chi connectivity index (χ4v) is 2.39. The largest absolute Gasteiger partial charge is 0.508 e. The number of aromatic hydroxyl groups is 1. The Morgan fingerprint density at radius 3 is 2.56 bits per heavy atom. The molecule has 0 saturated heterocycles. The smallest absolute Gasteiger partial charge is 0.277 e. The van der Waals surface area contributed by atoms with Crippen LogP contribution in [0.1, 0.15) is 31.9 Å². The van der Waals surface area contributed by atoms with Crippen molar-refractivity contribution >= 4 is 28.1 Å². The molecule has 0 aliphatic carbocycles. The molecular weight excluding hydrogens is 384 g/mol. The summed E-state index contributed by atoms with van der Waals surface area (Å²) in [5.41, 5.74) is 4.31. The molecule has 5 nitrogen and oxygen atoms in total. The minimum Gasteiger partial charge on any atom is -0.508 e. The first kappa shape index (κ1) is 19.0. The van der Waals surface area contributed by atoms with Crippen molar-refractivity contribution in [3.05, 3.63) is 58.1 Å². The van der Waals surface area contributed by atoms with Gasteiger partial charge in [0.25, 0.3) is 5.91 Å². The molecule has 0 aliphatic heterocycles. The summed E-state index contributed by atoms with van der Waals surface area (Å²) in [6.07, 6.45) is 1.44. The Morgan fingerprint density at radius 2 is 1.92 bits per heavy atom. The zero-order valence-electron chi connectivity index (χ0n) is 14.4. The molecule has 2 N–H and O–H groups in total. The van der Waals surface area contributed by atoms with Crippen LogP contribution in [0, 0.1) is 0 Å². The van der Waals surface area contributed by atoms with Gasteiger partial charge in [0.1, 0.15) is 11.5 Å². The quantitative estimate of drug-likeness (QED) is 0.584. The summed E-state index contributed by atoms with van der Waals surface area (Å²) >= 11 is 3.34. The van der Waals surface area contributed by atoms with Crippen molar-refractivity contribution in [2.45, 2.75) is 26.2 Å². The number of benzene rings is 2. The van der Waals surface area contributed by atoms with Gasteiger partial charge in [0.15, 0.2) is 6.61 Å². The minimum atomic E-state index is -0.368. The highest BCUT2D eigenvalue weighted by Gasteiger charge is 2.13. The van der Waals surface area contributed by atoms with Gasteiger partial charge in [0.05, 0.1) is 6.21 Å². The lowest BCUT2D eigenvalue weighted by Gasteiger charge is -2.19. The van der Waals surface area contributed by atoms with Gasteiger partial charge >= 0.3 is 0 Å². The lowest BCUT2D eigenvalue weighted by molar-refractivity contribution is -0.123. The lowest BCUT2D eigenvalue weighted by atomic mass is 9.87. The Bertz CT molecular complexity index is 765. The molecule has 0 heterocycles. The van der Waals surface area contributed by atoms with Crippen LogP contribution < -0.4 is 10.2 Å². The zero-order chi connectivity index (χ0) is 18.4. The number of hydrogen-bond acceptors (Lipinski definition) is 4. The second kappa shape index (κ2) is 8.16. The first-order chi connectivity index (χ1) is 11.8. The van der Waals surface area contributed by atoms with Crippen LogP contribution in [0.25, 0.3) is 0 Å². The van der Waals surface area contributed by atoms with E-state index >= 15 is 0 Å². The Hall–Kier alpha value is -2.34. The van der Waals surface area contributed by atoms with Crippen molar-refractivity contribution in [1.29, 1.82) is 0 Å². The molecule has 132 valence electrons. The Kier molecular flexibility index (Phi) is 6.20. The number of nitrogens with one attached hydrogen (secondary N) is 1. The number of halogens is 1. The van der Waals surface area contributed by atoms with Crippen LogP contribution >= 0.6 is 15.9 Å². The first-order valence-electron chi connectivity index (χ1n) is 7.79. The second-order valence-corrected chi connectivity index (χ2v) is 7.42. The molecule has 6 heteroatoms. The molecule has 0 bridgehead atoms. The summed E-state index contributed by atoms with van der Waals surface area (Å²) < 4.78 is 6.21. The molecule has 0 aromatic heterocycles. The summed E-state index contributed by atoms with van der Waals surface area (Å²) in [5, 5.41) is 13.3. The van der Waals surface area contributed by atoms with Crippen LogP contribution in [-0.2, 0) is 10.2 Å². The topological polar surface area (TPSA) is 70.9 Å². The fraction of sp³-hybridized carbons (Fsp3) is 0.263. The van der Waals surface area contributed by atoms with Crippen molar-refractivity contribution in [2.75, 3.05) is 6.61 Å². The number of amides is 1. The molecular formula is C19H21BrN2O3. The van der Waals surface area contributed by atoms with E-state index in [0.29, 0.717) is 11.3 Å². The standard InChI is InChI=1S/C19H21BrN2O3/c1-19(2,3)14-4-7-16(8-5-14)25-12-18(24)22-21-11-13-10-15(23)6-9-17(13)20/h4-11,23H,12H2,1-3H3,(H,22,24)/b21-11+. The Morgan fingerprint density at radius 1 is 1.24 bits per heavy atom. The van der Waals surface area contributed by atoms with Gasteiger partial charge in [-0.2, -0.15) is 5.10 Å². The van der Waals surface area contributed by atoms with Gasteiger partial charge in [-0.15, -0.1) is 0 Å². The number of hydrazone groups is 1. The van der Waals surface area contributed by atoms with Gasteiger partial charge < -0.3 is 9.84 Å². The Balaban J connectivity index is 1.84. The molecule has 2 aromatic rings. The molecule has 25 heavy (non-hydrogen) atoms. The number of carbonyl (C=O) groups excluding carboxylic acids is 1. The molecule has 0 saturated carbocycles. The summed E-state index contributed by atoms with van der Waals surface area (Å²) in [7, 11) is 0. The van der Waals surface area contributed by atoms with Crippen LogP contribution in [0.4, 0.5) is 0 Å². The van der Waals surface area contributed by atoms with Gasteiger partial charge in [0.2, 0.25) is 0 Å². The van der Waals surface area contributed by atoms with E-state index in [1.165, 1.54) is 17.8 Å². The van der Waals surface area contributed by atoms with E-state index in [2.05, 4.69) is 47.2 Å². The van der Waals surface area contributed by atoms with Crippen LogP contribution in [0.5, 0.6) is 11.5 Å². The molecule has 1 amide bonds. The third-order valence-corrected chi connectivity index (χ3v) is 4.18. The number of hydrogen-bond donors (Lipinski definition) is 2. The molecule has 0 aliphatic rings. The van der Waals surface area contributed by atoms with Gasteiger partial charge in [-0.05, 0) is 41.3 Å². The van der Waals surface area contributed by atoms with Crippen molar-refractivity contribution in [2.24, 2.45) is 5.10 Å². The van der Waals surface area contributed by atoms with Gasteiger partial charge in [-0.25, -0.2) is 5.43 Å². The molecule has 0 atom stereocenters. The van der Waals surface area contributed by atoms with E-state index in [0.717, 1.165) is 4.47 Å². The van der Waals surface area contributed by atoms with Crippen molar-refractivity contribution in [3.63, 3.8) is 0 Å². The van der Waals surface area contributed by atoms with E-state index in [-0.39, 0.29) is 23.7 Å². The SMILES string of the molecule is CC(C)(C)c1ccc(OCC(=O)N/N=C/c2cc(O)ccc2Br)cc1. The highest BCUT2D eigenvalue weighted by Crippen LogP contribution is 2.24. The predicted octanol–water partition coefficient (Wildman–Crippen LogP) is 3.98. The number of carbonyl (C=O) groups is 1. The highest BCUT2D eigenvalue weighted by atomic mass is 79.9. The maximum atomic E-state index is 11.8. The third-order valence-electron chi connectivity index (χ3n) is 3.46. The number of nitrogens with zero attached hydrogens (tertiary/aromatic N) is 1. The molecule has 2 aromatic carbocycles. The Labute approximate surface area is 155 Å². The van der Waals surface area contributed by atoms with Crippen LogP contribution in [-0.4, -0.2) is 23.8 Å². The summed E-state index contributed by atoms with van der Waals surface area (Å²) in [6, 6.07) is 12.5. The first-order valence-corrected chi connectivity index (χ1v) is 8.59. The number of ether oxygens (including phenoxy) is 1. The summed E-state index contributed by atoms with van der Waals surface area (Å²) in [4.78, 5) is 11.8. The van der Waals surface area contributed by atoms with Gasteiger partial charge in [0, 0.05) is 10.0 Å². The molecule has 0 spiro atoms.